The van der Waals surface area contributed by atoms with Gasteiger partial charge in [0.2, 0.25) is 0 Å². The molecule has 1 aromatic rings. The molecule has 20 heavy (non-hydrogen) atoms. The Balaban J connectivity index is 2.06. The highest BCUT2D eigenvalue weighted by Crippen LogP contribution is 2.42. The summed E-state index contributed by atoms with van der Waals surface area (Å²) in [6.45, 7) is 9.15. The van der Waals surface area contributed by atoms with Crippen LogP contribution in [0.5, 0.6) is 5.75 Å². The molecule has 1 unspecified atom stereocenters. The minimum atomic E-state index is 0.180. The van der Waals surface area contributed by atoms with Crippen LogP contribution in [0.15, 0.2) is 35.4 Å². The third kappa shape index (κ3) is 3.56. The van der Waals surface area contributed by atoms with Gasteiger partial charge in [0.05, 0.1) is 6.10 Å². The molecule has 1 aromatic carbocycles. The zero-order chi connectivity index (χ0) is 14.8. The summed E-state index contributed by atoms with van der Waals surface area (Å²) in [6, 6.07) is 7.69. The Morgan fingerprint density at radius 3 is 2.75 bits per heavy atom. The fraction of sp³-hybridized carbons (Fsp3) is 0.556. The van der Waals surface area contributed by atoms with E-state index in [2.05, 4.69) is 27.7 Å². The van der Waals surface area contributed by atoms with Gasteiger partial charge in [-0.05, 0) is 50.7 Å². The first-order valence-corrected chi connectivity index (χ1v) is 7.60. The van der Waals surface area contributed by atoms with Gasteiger partial charge < -0.3 is 10.5 Å². The molecule has 0 heterocycles. The minimum absolute atomic E-state index is 0.180. The zero-order valence-corrected chi connectivity index (χ0v) is 13.2. The van der Waals surface area contributed by atoms with E-state index in [1.54, 1.807) is 11.1 Å². The van der Waals surface area contributed by atoms with Crippen molar-refractivity contribution in [2.75, 3.05) is 5.73 Å². The van der Waals surface area contributed by atoms with Gasteiger partial charge in [0.25, 0.3) is 0 Å². The molecule has 2 rings (SSSR count). The van der Waals surface area contributed by atoms with Crippen LogP contribution in [-0.4, -0.2) is 6.10 Å². The van der Waals surface area contributed by atoms with E-state index < -0.39 is 0 Å². The van der Waals surface area contributed by atoms with E-state index in [0.29, 0.717) is 5.41 Å². The summed E-state index contributed by atoms with van der Waals surface area (Å²) in [5, 5.41) is 0. The van der Waals surface area contributed by atoms with Gasteiger partial charge in [-0.3, -0.25) is 0 Å². The van der Waals surface area contributed by atoms with Crippen molar-refractivity contribution < 1.29 is 4.74 Å². The first-order chi connectivity index (χ1) is 9.38. The summed E-state index contributed by atoms with van der Waals surface area (Å²) in [5.41, 5.74) is 10.0. The quantitative estimate of drug-likeness (QED) is 0.622. The molecule has 0 aromatic heterocycles. The third-order valence-electron chi connectivity index (χ3n) is 4.37. The molecule has 0 saturated heterocycles. The van der Waals surface area contributed by atoms with Crippen molar-refractivity contribution in [3.8, 4) is 5.75 Å². The van der Waals surface area contributed by atoms with Crippen LogP contribution in [0.4, 0.5) is 5.69 Å². The lowest BCUT2D eigenvalue weighted by Crippen LogP contribution is -2.25. The molecule has 1 aliphatic rings. The number of allylic oxidation sites excluding steroid dienone is 1. The molecule has 2 nitrogen and oxygen atoms in total. The highest BCUT2D eigenvalue weighted by Gasteiger charge is 2.29. The van der Waals surface area contributed by atoms with E-state index in [-0.39, 0.29) is 6.10 Å². The monoisotopic (exact) mass is 273 g/mol. The Hall–Kier alpha value is -1.44. The Morgan fingerprint density at radius 1 is 1.35 bits per heavy atom. The molecular formula is C18H27NO. The van der Waals surface area contributed by atoms with Crippen LogP contribution >= 0.6 is 0 Å². The summed E-state index contributed by atoms with van der Waals surface area (Å²) in [7, 11) is 0. The number of nitrogen functional groups attached to an aromatic ring is 1. The van der Waals surface area contributed by atoms with Crippen LogP contribution < -0.4 is 10.5 Å². The molecular weight excluding hydrogens is 246 g/mol. The molecule has 2 N–H and O–H groups in total. The zero-order valence-electron chi connectivity index (χ0n) is 13.2. The fourth-order valence-electron chi connectivity index (χ4n) is 3.27. The van der Waals surface area contributed by atoms with Crippen molar-refractivity contribution in [1.29, 1.82) is 0 Å². The van der Waals surface area contributed by atoms with Gasteiger partial charge in [-0.1, -0.05) is 31.1 Å². The highest BCUT2D eigenvalue weighted by molar-refractivity contribution is 5.43. The van der Waals surface area contributed by atoms with Gasteiger partial charge >= 0.3 is 0 Å². The average Bonchev–Trinajstić information content (AvgIpc) is 2.34. The molecule has 110 valence electrons. The maximum Gasteiger partial charge on any atom is 0.121 e. The van der Waals surface area contributed by atoms with E-state index in [9.17, 15) is 0 Å². The van der Waals surface area contributed by atoms with Crippen LogP contribution in [0.2, 0.25) is 0 Å². The lowest BCUT2D eigenvalue weighted by atomic mass is 9.71. The van der Waals surface area contributed by atoms with E-state index in [4.69, 9.17) is 10.5 Å². The van der Waals surface area contributed by atoms with E-state index in [0.717, 1.165) is 17.9 Å². The smallest absolute Gasteiger partial charge is 0.121 e. The first kappa shape index (κ1) is 15.0. The first-order valence-electron chi connectivity index (χ1n) is 7.60. The van der Waals surface area contributed by atoms with Crippen molar-refractivity contribution in [2.45, 2.75) is 59.5 Å². The standard InChI is InChI=1S/C18H27NO/c1-13-7-6-10-18(3,4)17(13)11-14(2)20-16-9-5-8-15(19)12-16/h5,8-9,12,14H,6-7,10-11,19H2,1-4H3. The van der Waals surface area contributed by atoms with Crippen LogP contribution in [-0.2, 0) is 0 Å². The highest BCUT2D eigenvalue weighted by atomic mass is 16.5. The summed E-state index contributed by atoms with van der Waals surface area (Å²) in [6.07, 6.45) is 5.02. The summed E-state index contributed by atoms with van der Waals surface area (Å²) in [5.74, 6) is 0.865. The molecule has 0 saturated carbocycles. The maximum atomic E-state index is 6.03. The molecule has 0 spiro atoms. The number of rotatable bonds is 4. The number of nitrogens with two attached hydrogens (primary N) is 1. The normalized spacial score (nSPS) is 19.8. The van der Waals surface area contributed by atoms with Gasteiger partial charge in [0.15, 0.2) is 0 Å². The van der Waals surface area contributed by atoms with E-state index >= 15 is 0 Å². The van der Waals surface area contributed by atoms with Crippen LogP contribution in [0.25, 0.3) is 0 Å². The molecule has 0 aliphatic heterocycles. The molecule has 1 atom stereocenters. The van der Waals surface area contributed by atoms with E-state index in [1.807, 2.05) is 24.3 Å². The Bertz CT molecular complexity index is 502. The van der Waals surface area contributed by atoms with Gasteiger partial charge in [0, 0.05) is 18.2 Å². The molecule has 0 amide bonds. The lowest BCUT2D eigenvalue weighted by Gasteiger charge is -2.36. The Labute approximate surface area is 123 Å². The van der Waals surface area contributed by atoms with Crippen molar-refractivity contribution in [2.24, 2.45) is 5.41 Å². The summed E-state index contributed by atoms with van der Waals surface area (Å²) in [4.78, 5) is 0. The molecule has 0 fully saturated rings. The average molecular weight is 273 g/mol. The van der Waals surface area contributed by atoms with Crippen molar-refractivity contribution in [3.63, 3.8) is 0 Å². The van der Waals surface area contributed by atoms with Gasteiger partial charge in [-0.2, -0.15) is 0 Å². The molecule has 1 aliphatic carbocycles. The predicted molar refractivity (Wildman–Crippen MR) is 85.9 cm³/mol. The van der Waals surface area contributed by atoms with Gasteiger partial charge in [0.1, 0.15) is 5.75 Å². The van der Waals surface area contributed by atoms with Gasteiger partial charge in [-0.15, -0.1) is 0 Å². The molecule has 0 radical (unpaired) electrons. The topological polar surface area (TPSA) is 35.2 Å². The SMILES string of the molecule is CC1=C(CC(C)Oc2cccc(N)c2)C(C)(C)CCC1. The second-order valence-corrected chi connectivity index (χ2v) is 6.70. The summed E-state index contributed by atoms with van der Waals surface area (Å²) < 4.78 is 6.03. The largest absolute Gasteiger partial charge is 0.490 e. The van der Waals surface area contributed by atoms with Crippen molar-refractivity contribution >= 4 is 5.69 Å². The Morgan fingerprint density at radius 2 is 2.10 bits per heavy atom. The van der Waals surface area contributed by atoms with Crippen LogP contribution in [0.1, 0.15) is 53.4 Å². The molecule has 2 heteroatoms. The number of anilines is 1. The summed E-state index contributed by atoms with van der Waals surface area (Å²) >= 11 is 0. The predicted octanol–water partition coefficient (Wildman–Crippen LogP) is 4.95. The number of ether oxygens (including phenoxy) is 1. The third-order valence-corrected chi connectivity index (χ3v) is 4.37. The van der Waals surface area contributed by atoms with Gasteiger partial charge in [-0.25, -0.2) is 0 Å². The number of hydrogen-bond donors (Lipinski definition) is 1. The van der Waals surface area contributed by atoms with Crippen molar-refractivity contribution in [3.05, 3.63) is 35.4 Å². The van der Waals surface area contributed by atoms with Crippen LogP contribution in [0, 0.1) is 5.41 Å². The Kier molecular flexibility index (Phi) is 4.42. The fourth-order valence-corrected chi connectivity index (χ4v) is 3.27. The maximum absolute atomic E-state index is 6.03. The van der Waals surface area contributed by atoms with Crippen molar-refractivity contribution in [1.82, 2.24) is 0 Å². The second kappa shape index (κ2) is 5.90. The number of benzene rings is 1. The van der Waals surface area contributed by atoms with E-state index in [1.165, 1.54) is 19.3 Å². The van der Waals surface area contributed by atoms with Crippen LogP contribution in [0.3, 0.4) is 0 Å². The lowest BCUT2D eigenvalue weighted by molar-refractivity contribution is 0.206. The minimum Gasteiger partial charge on any atom is -0.490 e. The molecule has 0 bridgehead atoms. The second-order valence-electron chi connectivity index (χ2n) is 6.70. The number of hydrogen-bond acceptors (Lipinski definition) is 2.